The Morgan fingerprint density at radius 3 is 2.58 bits per heavy atom. The van der Waals surface area contributed by atoms with Crippen molar-refractivity contribution in [2.45, 2.75) is 58.9 Å². The van der Waals surface area contributed by atoms with Gasteiger partial charge < -0.3 is 5.32 Å². The zero-order valence-corrected chi connectivity index (χ0v) is 12.1. The largest absolute Gasteiger partial charge is 0.349 e. The van der Waals surface area contributed by atoms with Crippen molar-refractivity contribution in [3.05, 3.63) is 35.1 Å². The molecular formula is C16H24FNO. The first-order valence-electron chi connectivity index (χ1n) is 7.15. The van der Waals surface area contributed by atoms with Crippen LogP contribution in [-0.2, 0) is 0 Å². The molecule has 0 radical (unpaired) electrons. The molecule has 0 saturated carbocycles. The van der Waals surface area contributed by atoms with Crippen LogP contribution in [0, 0.1) is 12.7 Å². The van der Waals surface area contributed by atoms with E-state index in [1.807, 2.05) is 6.92 Å². The second kappa shape index (κ2) is 7.93. The van der Waals surface area contributed by atoms with Crippen LogP contribution >= 0.6 is 0 Å². The lowest BCUT2D eigenvalue weighted by atomic mass is 10.0. The summed E-state index contributed by atoms with van der Waals surface area (Å²) in [7, 11) is 0. The van der Waals surface area contributed by atoms with E-state index in [0.717, 1.165) is 37.7 Å². The maximum Gasteiger partial charge on any atom is 0.254 e. The van der Waals surface area contributed by atoms with Crippen LogP contribution in [0.25, 0.3) is 0 Å². The molecule has 1 amide bonds. The zero-order chi connectivity index (χ0) is 14.3. The Morgan fingerprint density at radius 2 is 2.00 bits per heavy atom. The second-order valence-electron chi connectivity index (χ2n) is 5.08. The summed E-state index contributed by atoms with van der Waals surface area (Å²) in [6.07, 6.45) is 5.12. The number of benzene rings is 1. The highest BCUT2D eigenvalue weighted by Crippen LogP contribution is 2.12. The molecule has 106 valence electrons. The molecule has 0 bridgehead atoms. The number of hydrogen-bond acceptors (Lipinski definition) is 1. The van der Waals surface area contributed by atoms with Crippen LogP contribution in [0.5, 0.6) is 0 Å². The molecule has 1 N–H and O–H groups in total. The van der Waals surface area contributed by atoms with E-state index in [1.54, 1.807) is 12.1 Å². The number of halogens is 1. The topological polar surface area (TPSA) is 29.1 Å². The van der Waals surface area contributed by atoms with Gasteiger partial charge in [-0.1, -0.05) is 39.2 Å². The molecule has 3 heteroatoms. The Morgan fingerprint density at radius 1 is 1.26 bits per heavy atom. The fourth-order valence-corrected chi connectivity index (χ4v) is 2.16. The van der Waals surface area contributed by atoms with Crippen LogP contribution in [0.1, 0.15) is 61.9 Å². The van der Waals surface area contributed by atoms with E-state index in [-0.39, 0.29) is 17.5 Å². The fraction of sp³-hybridized carbons (Fsp3) is 0.562. The summed E-state index contributed by atoms with van der Waals surface area (Å²) < 4.78 is 13.7. The van der Waals surface area contributed by atoms with Gasteiger partial charge in [0.1, 0.15) is 5.82 Å². The summed E-state index contributed by atoms with van der Waals surface area (Å²) in [4.78, 5) is 12.1. The predicted molar refractivity (Wildman–Crippen MR) is 76.8 cm³/mol. The molecule has 1 unspecified atom stereocenters. The van der Waals surface area contributed by atoms with Crippen LogP contribution in [0.15, 0.2) is 18.2 Å². The molecule has 0 heterocycles. The lowest BCUT2D eigenvalue weighted by Crippen LogP contribution is -2.35. The lowest BCUT2D eigenvalue weighted by Gasteiger charge is -2.18. The minimum absolute atomic E-state index is 0.142. The quantitative estimate of drug-likeness (QED) is 0.785. The smallest absolute Gasteiger partial charge is 0.254 e. The van der Waals surface area contributed by atoms with Crippen LogP contribution in [-0.4, -0.2) is 11.9 Å². The van der Waals surface area contributed by atoms with Gasteiger partial charge in [0.05, 0.1) is 5.56 Å². The number of carbonyl (C=O) groups is 1. The Balaban J connectivity index is 2.69. The van der Waals surface area contributed by atoms with Gasteiger partial charge >= 0.3 is 0 Å². The standard InChI is InChI=1S/C16H24FNO/c1-4-6-8-13(7-5-2)18-16(19)14-10-9-12(3)11-15(14)17/h9-11,13H,4-8H2,1-3H3,(H,18,19). The Hall–Kier alpha value is -1.38. The number of nitrogens with one attached hydrogen (secondary N) is 1. The average molecular weight is 265 g/mol. The Kier molecular flexibility index (Phi) is 6.54. The van der Waals surface area contributed by atoms with E-state index in [1.165, 1.54) is 6.07 Å². The monoisotopic (exact) mass is 265 g/mol. The number of rotatable bonds is 7. The summed E-state index contributed by atoms with van der Waals surface area (Å²) in [5.74, 6) is -0.740. The highest BCUT2D eigenvalue weighted by atomic mass is 19.1. The van der Waals surface area contributed by atoms with Gasteiger partial charge in [0.2, 0.25) is 0 Å². The molecule has 0 aliphatic carbocycles. The fourth-order valence-electron chi connectivity index (χ4n) is 2.16. The van der Waals surface area contributed by atoms with E-state index in [2.05, 4.69) is 19.2 Å². The van der Waals surface area contributed by atoms with Crippen LogP contribution in [0.3, 0.4) is 0 Å². The molecule has 0 aliphatic heterocycles. The average Bonchev–Trinajstić information content (AvgIpc) is 2.36. The molecule has 1 aromatic rings. The van der Waals surface area contributed by atoms with Crippen molar-refractivity contribution in [3.8, 4) is 0 Å². The Labute approximate surface area is 115 Å². The molecule has 1 atom stereocenters. The normalized spacial score (nSPS) is 12.2. The molecule has 1 rings (SSSR count). The second-order valence-corrected chi connectivity index (χ2v) is 5.08. The minimum atomic E-state index is -0.441. The van der Waals surface area contributed by atoms with E-state index >= 15 is 0 Å². The molecular weight excluding hydrogens is 241 g/mol. The maximum atomic E-state index is 13.7. The molecule has 0 aliphatic rings. The van der Waals surface area contributed by atoms with Gasteiger partial charge in [0.25, 0.3) is 5.91 Å². The number of aryl methyl sites for hydroxylation is 1. The predicted octanol–water partition coefficient (Wildman–Crippen LogP) is 4.22. The summed E-state index contributed by atoms with van der Waals surface area (Å²) in [6, 6.07) is 4.87. The van der Waals surface area contributed by atoms with E-state index in [9.17, 15) is 9.18 Å². The first-order chi connectivity index (χ1) is 9.08. The SMILES string of the molecule is CCCCC(CCC)NC(=O)c1ccc(C)cc1F. The molecule has 1 aromatic carbocycles. The van der Waals surface area contributed by atoms with Crippen molar-refractivity contribution in [1.82, 2.24) is 5.32 Å². The summed E-state index contributed by atoms with van der Waals surface area (Å²) in [5, 5.41) is 2.95. The van der Waals surface area contributed by atoms with E-state index in [4.69, 9.17) is 0 Å². The number of amides is 1. The third kappa shape index (κ3) is 5.01. The van der Waals surface area contributed by atoms with Crippen molar-refractivity contribution in [2.24, 2.45) is 0 Å². The zero-order valence-electron chi connectivity index (χ0n) is 12.1. The van der Waals surface area contributed by atoms with Gasteiger partial charge in [-0.15, -0.1) is 0 Å². The molecule has 19 heavy (non-hydrogen) atoms. The van der Waals surface area contributed by atoms with E-state index in [0.29, 0.717) is 0 Å². The maximum absolute atomic E-state index is 13.7. The first-order valence-corrected chi connectivity index (χ1v) is 7.15. The number of hydrogen-bond donors (Lipinski definition) is 1. The van der Waals surface area contributed by atoms with Crippen molar-refractivity contribution < 1.29 is 9.18 Å². The Bertz CT molecular complexity index is 417. The molecule has 0 fully saturated rings. The third-order valence-corrected chi connectivity index (χ3v) is 3.25. The first kappa shape index (κ1) is 15.7. The summed E-state index contributed by atoms with van der Waals surface area (Å²) in [6.45, 7) is 6.04. The van der Waals surface area contributed by atoms with Gasteiger partial charge in [-0.05, 0) is 37.5 Å². The highest BCUT2D eigenvalue weighted by molar-refractivity contribution is 5.94. The summed E-state index contributed by atoms with van der Waals surface area (Å²) in [5.41, 5.74) is 0.966. The number of unbranched alkanes of at least 4 members (excludes halogenated alkanes) is 1. The molecule has 0 aromatic heterocycles. The number of carbonyl (C=O) groups excluding carboxylic acids is 1. The molecule has 0 spiro atoms. The van der Waals surface area contributed by atoms with Crippen LogP contribution in [0.2, 0.25) is 0 Å². The molecule has 0 saturated heterocycles. The third-order valence-electron chi connectivity index (χ3n) is 3.25. The van der Waals surface area contributed by atoms with Crippen molar-refractivity contribution in [1.29, 1.82) is 0 Å². The van der Waals surface area contributed by atoms with Gasteiger partial charge in [0.15, 0.2) is 0 Å². The van der Waals surface area contributed by atoms with Crippen molar-refractivity contribution >= 4 is 5.91 Å². The summed E-state index contributed by atoms with van der Waals surface area (Å²) >= 11 is 0. The van der Waals surface area contributed by atoms with Crippen LogP contribution < -0.4 is 5.32 Å². The van der Waals surface area contributed by atoms with Gasteiger partial charge in [-0.2, -0.15) is 0 Å². The van der Waals surface area contributed by atoms with Crippen molar-refractivity contribution in [2.75, 3.05) is 0 Å². The minimum Gasteiger partial charge on any atom is -0.349 e. The van der Waals surface area contributed by atoms with Gasteiger partial charge in [0, 0.05) is 6.04 Å². The van der Waals surface area contributed by atoms with Gasteiger partial charge in [-0.3, -0.25) is 4.79 Å². The molecule has 2 nitrogen and oxygen atoms in total. The van der Waals surface area contributed by atoms with E-state index < -0.39 is 5.82 Å². The lowest BCUT2D eigenvalue weighted by molar-refractivity contribution is 0.0928. The van der Waals surface area contributed by atoms with Crippen molar-refractivity contribution in [3.63, 3.8) is 0 Å². The van der Waals surface area contributed by atoms with Gasteiger partial charge in [-0.25, -0.2) is 4.39 Å². The highest BCUT2D eigenvalue weighted by Gasteiger charge is 2.15. The van der Waals surface area contributed by atoms with Crippen LogP contribution in [0.4, 0.5) is 4.39 Å².